The van der Waals surface area contributed by atoms with E-state index >= 15 is 0 Å². The second kappa shape index (κ2) is 8.72. The van der Waals surface area contributed by atoms with Crippen LogP contribution >= 0.6 is 11.8 Å². The number of thioether (sulfide) groups is 1. The SMILES string of the molecule is O=C(NCCSCc1ccccc1)c1cccc(N2CCCC2=O)c1. The number of nitrogens with zero attached hydrogens (tertiary/aromatic N) is 1. The molecule has 1 saturated heterocycles. The Morgan fingerprint density at radius 2 is 1.96 bits per heavy atom. The molecule has 0 unspecified atom stereocenters. The van der Waals surface area contributed by atoms with Crippen LogP contribution < -0.4 is 10.2 Å². The third-order valence-corrected chi connectivity index (χ3v) is 5.17. The quantitative estimate of drug-likeness (QED) is 0.775. The Morgan fingerprint density at radius 1 is 1.12 bits per heavy atom. The maximum absolute atomic E-state index is 12.3. The Balaban J connectivity index is 1.46. The number of carbonyl (C=O) groups excluding carboxylic acids is 2. The largest absolute Gasteiger partial charge is 0.351 e. The van der Waals surface area contributed by atoms with E-state index in [9.17, 15) is 9.59 Å². The van der Waals surface area contributed by atoms with Gasteiger partial charge in [-0.25, -0.2) is 0 Å². The molecular formula is C20H22N2O2S. The molecule has 2 amide bonds. The topological polar surface area (TPSA) is 49.4 Å². The minimum absolute atomic E-state index is 0.0891. The van der Waals surface area contributed by atoms with Crippen LogP contribution in [0.25, 0.3) is 0 Å². The van der Waals surface area contributed by atoms with Crippen molar-refractivity contribution in [1.29, 1.82) is 0 Å². The molecule has 130 valence electrons. The number of hydrogen-bond donors (Lipinski definition) is 1. The number of rotatable bonds is 7. The van der Waals surface area contributed by atoms with Crippen molar-refractivity contribution in [2.45, 2.75) is 18.6 Å². The van der Waals surface area contributed by atoms with Crippen LogP contribution in [0.1, 0.15) is 28.8 Å². The molecule has 1 aliphatic heterocycles. The molecule has 0 radical (unpaired) electrons. The molecule has 2 aromatic rings. The van der Waals surface area contributed by atoms with E-state index < -0.39 is 0 Å². The van der Waals surface area contributed by atoms with Crippen molar-refractivity contribution in [3.8, 4) is 0 Å². The van der Waals surface area contributed by atoms with Gasteiger partial charge < -0.3 is 10.2 Å². The molecule has 5 heteroatoms. The molecular weight excluding hydrogens is 332 g/mol. The molecule has 1 N–H and O–H groups in total. The monoisotopic (exact) mass is 354 g/mol. The van der Waals surface area contributed by atoms with E-state index in [-0.39, 0.29) is 11.8 Å². The predicted molar refractivity (Wildman–Crippen MR) is 103 cm³/mol. The zero-order valence-corrected chi connectivity index (χ0v) is 14.9. The standard InChI is InChI=1S/C20H22N2O2S/c23-19-10-5-12-22(19)18-9-4-8-17(14-18)20(24)21-11-13-25-15-16-6-2-1-3-7-16/h1-4,6-9,14H,5,10-13,15H2,(H,21,24). The van der Waals surface area contributed by atoms with Crippen LogP contribution in [0.3, 0.4) is 0 Å². The van der Waals surface area contributed by atoms with Gasteiger partial charge in [0.05, 0.1) is 0 Å². The molecule has 2 aromatic carbocycles. The van der Waals surface area contributed by atoms with Crippen LogP contribution in [0.4, 0.5) is 5.69 Å². The lowest BCUT2D eigenvalue weighted by atomic mass is 10.1. The Kier molecular flexibility index (Phi) is 6.12. The van der Waals surface area contributed by atoms with Crippen LogP contribution in [0.5, 0.6) is 0 Å². The summed E-state index contributed by atoms with van der Waals surface area (Å²) in [5.41, 5.74) is 2.71. The van der Waals surface area contributed by atoms with Crippen LogP contribution in [0, 0.1) is 0 Å². The lowest BCUT2D eigenvalue weighted by molar-refractivity contribution is -0.117. The fourth-order valence-corrected chi connectivity index (χ4v) is 3.66. The van der Waals surface area contributed by atoms with Gasteiger partial charge in [-0.05, 0) is 30.2 Å². The summed E-state index contributed by atoms with van der Waals surface area (Å²) >= 11 is 1.80. The van der Waals surface area contributed by atoms with Gasteiger partial charge in [-0.15, -0.1) is 0 Å². The minimum Gasteiger partial charge on any atom is -0.351 e. The highest BCUT2D eigenvalue weighted by atomic mass is 32.2. The van der Waals surface area contributed by atoms with Crippen molar-refractivity contribution in [2.24, 2.45) is 0 Å². The molecule has 0 aromatic heterocycles. The first-order valence-electron chi connectivity index (χ1n) is 8.54. The predicted octanol–water partition coefficient (Wildman–Crippen LogP) is 3.48. The van der Waals surface area contributed by atoms with Gasteiger partial charge in [-0.1, -0.05) is 36.4 Å². The van der Waals surface area contributed by atoms with Crippen LogP contribution in [-0.2, 0) is 10.5 Å². The maximum Gasteiger partial charge on any atom is 0.251 e. The van der Waals surface area contributed by atoms with Gasteiger partial charge in [-0.2, -0.15) is 11.8 Å². The van der Waals surface area contributed by atoms with Crippen LogP contribution in [-0.4, -0.2) is 30.7 Å². The third kappa shape index (κ3) is 4.86. The fourth-order valence-electron chi connectivity index (χ4n) is 2.84. The number of benzene rings is 2. The van der Waals surface area contributed by atoms with Crippen molar-refractivity contribution in [2.75, 3.05) is 23.7 Å². The molecule has 0 aliphatic carbocycles. The highest BCUT2D eigenvalue weighted by molar-refractivity contribution is 7.98. The zero-order chi connectivity index (χ0) is 17.5. The van der Waals surface area contributed by atoms with Crippen LogP contribution in [0.15, 0.2) is 54.6 Å². The number of amides is 2. The average molecular weight is 354 g/mol. The van der Waals surface area contributed by atoms with Gasteiger partial charge in [-0.3, -0.25) is 9.59 Å². The summed E-state index contributed by atoms with van der Waals surface area (Å²) in [5, 5.41) is 2.95. The van der Waals surface area contributed by atoms with E-state index in [1.165, 1.54) is 5.56 Å². The molecule has 0 atom stereocenters. The molecule has 1 fully saturated rings. The summed E-state index contributed by atoms with van der Waals surface area (Å²) < 4.78 is 0. The van der Waals surface area contributed by atoms with E-state index in [0.29, 0.717) is 18.5 Å². The van der Waals surface area contributed by atoms with Crippen molar-refractivity contribution < 1.29 is 9.59 Å². The van der Waals surface area contributed by atoms with Crippen LogP contribution in [0.2, 0.25) is 0 Å². The average Bonchev–Trinajstić information content (AvgIpc) is 3.08. The summed E-state index contributed by atoms with van der Waals surface area (Å²) in [6.45, 7) is 1.36. The van der Waals surface area contributed by atoms with Crippen molar-refractivity contribution in [3.63, 3.8) is 0 Å². The Morgan fingerprint density at radius 3 is 2.72 bits per heavy atom. The molecule has 0 saturated carbocycles. The molecule has 0 bridgehead atoms. The normalized spacial score (nSPS) is 13.9. The first-order valence-corrected chi connectivity index (χ1v) is 9.70. The first kappa shape index (κ1) is 17.5. The zero-order valence-electron chi connectivity index (χ0n) is 14.1. The molecule has 1 heterocycles. The first-order chi connectivity index (χ1) is 12.2. The second-order valence-electron chi connectivity index (χ2n) is 5.99. The lowest BCUT2D eigenvalue weighted by Gasteiger charge is -2.16. The van der Waals surface area contributed by atoms with Gasteiger partial charge in [0.1, 0.15) is 0 Å². The smallest absolute Gasteiger partial charge is 0.251 e. The summed E-state index contributed by atoms with van der Waals surface area (Å²) in [5.74, 6) is 1.86. The van der Waals surface area contributed by atoms with Crippen molar-refractivity contribution in [1.82, 2.24) is 5.32 Å². The van der Waals surface area contributed by atoms with Gasteiger partial charge in [0.25, 0.3) is 5.91 Å². The summed E-state index contributed by atoms with van der Waals surface area (Å²) in [7, 11) is 0. The summed E-state index contributed by atoms with van der Waals surface area (Å²) in [4.78, 5) is 25.9. The molecule has 3 rings (SSSR count). The second-order valence-corrected chi connectivity index (χ2v) is 7.10. The van der Waals surface area contributed by atoms with Gasteiger partial charge in [0.2, 0.25) is 5.91 Å². The number of carbonyl (C=O) groups is 2. The maximum atomic E-state index is 12.3. The molecule has 25 heavy (non-hydrogen) atoms. The molecule has 4 nitrogen and oxygen atoms in total. The van der Waals surface area contributed by atoms with Crippen molar-refractivity contribution in [3.05, 3.63) is 65.7 Å². The Bertz CT molecular complexity index is 733. The van der Waals surface area contributed by atoms with Gasteiger partial charge in [0.15, 0.2) is 0 Å². The van der Waals surface area contributed by atoms with Gasteiger partial charge >= 0.3 is 0 Å². The van der Waals surface area contributed by atoms with E-state index in [4.69, 9.17) is 0 Å². The Hall–Kier alpha value is -2.27. The minimum atomic E-state index is -0.0891. The third-order valence-electron chi connectivity index (χ3n) is 4.14. The Labute approximate surface area is 152 Å². The highest BCUT2D eigenvalue weighted by Gasteiger charge is 2.22. The lowest BCUT2D eigenvalue weighted by Crippen LogP contribution is -2.27. The number of anilines is 1. The van der Waals surface area contributed by atoms with E-state index in [1.807, 2.05) is 30.3 Å². The summed E-state index contributed by atoms with van der Waals surface area (Å²) in [6.07, 6.45) is 1.48. The molecule has 0 spiro atoms. The van der Waals surface area contributed by atoms with Gasteiger partial charge in [0, 0.05) is 42.3 Å². The van der Waals surface area contributed by atoms with E-state index in [0.717, 1.165) is 30.2 Å². The van der Waals surface area contributed by atoms with E-state index in [2.05, 4.69) is 17.4 Å². The number of hydrogen-bond acceptors (Lipinski definition) is 3. The number of nitrogens with one attached hydrogen (secondary N) is 1. The van der Waals surface area contributed by atoms with Crippen molar-refractivity contribution >= 4 is 29.3 Å². The molecule has 1 aliphatic rings. The van der Waals surface area contributed by atoms with E-state index in [1.54, 1.807) is 28.8 Å². The fraction of sp³-hybridized carbons (Fsp3) is 0.300. The summed E-state index contributed by atoms with van der Waals surface area (Å²) in [6, 6.07) is 17.6. The highest BCUT2D eigenvalue weighted by Crippen LogP contribution is 2.22.